The molecule has 15 heavy (non-hydrogen) atoms. The molecule has 0 saturated carbocycles. The lowest BCUT2D eigenvalue weighted by atomic mass is 10.0. The van der Waals surface area contributed by atoms with Gasteiger partial charge in [0.1, 0.15) is 0 Å². The van der Waals surface area contributed by atoms with E-state index in [1.165, 1.54) is 0 Å². The molecule has 1 rings (SSSR count). The Morgan fingerprint density at radius 1 is 1.53 bits per heavy atom. The van der Waals surface area contributed by atoms with E-state index in [-0.39, 0.29) is 5.56 Å². The smallest absolute Gasteiger partial charge is 0.336 e. The molecule has 1 aromatic rings. The lowest BCUT2D eigenvalue weighted by Gasteiger charge is -2.00. The van der Waals surface area contributed by atoms with Gasteiger partial charge in [0.05, 0.1) is 5.56 Å². The van der Waals surface area contributed by atoms with Gasteiger partial charge in [0, 0.05) is 17.3 Å². The Kier molecular flexibility index (Phi) is 4.38. The van der Waals surface area contributed by atoms with Crippen LogP contribution in [0.1, 0.15) is 27.9 Å². The fourth-order valence-corrected chi connectivity index (χ4v) is 1.35. The first-order valence-electron chi connectivity index (χ1n) is 4.54. The fraction of sp³-hybridized carbons (Fsp3) is 0.250. The van der Waals surface area contributed by atoms with Gasteiger partial charge in [0.2, 0.25) is 0 Å². The Balaban J connectivity index is 3.09. The number of carboxylic acids is 1. The van der Waals surface area contributed by atoms with Gasteiger partial charge in [-0.05, 0) is 24.6 Å². The molecule has 0 aliphatic heterocycles. The molecule has 0 bridgehead atoms. The zero-order chi connectivity index (χ0) is 11.3. The Hall–Kier alpha value is -1.27. The number of carboxylic acid groups (broad SMARTS) is 1. The summed E-state index contributed by atoms with van der Waals surface area (Å²) in [4.78, 5) is 10.9. The van der Waals surface area contributed by atoms with E-state index >= 15 is 0 Å². The van der Waals surface area contributed by atoms with Gasteiger partial charge in [0.15, 0.2) is 0 Å². The summed E-state index contributed by atoms with van der Waals surface area (Å²) in [5.74, 6) is 4.86. The topological polar surface area (TPSA) is 37.3 Å². The molecule has 3 heteroatoms. The quantitative estimate of drug-likeness (QED) is 0.660. The van der Waals surface area contributed by atoms with Crippen LogP contribution in [0.25, 0.3) is 0 Å². The summed E-state index contributed by atoms with van der Waals surface area (Å²) in [6.45, 7) is 1.92. The van der Waals surface area contributed by atoms with Crippen molar-refractivity contribution < 1.29 is 9.90 Å². The van der Waals surface area contributed by atoms with Gasteiger partial charge in [-0.15, -0.1) is 0 Å². The summed E-state index contributed by atoms with van der Waals surface area (Å²) in [6, 6.07) is 5.17. The van der Waals surface area contributed by atoms with Crippen molar-refractivity contribution in [2.24, 2.45) is 0 Å². The third-order valence-electron chi connectivity index (χ3n) is 1.85. The molecule has 0 unspecified atom stereocenters. The molecule has 0 saturated heterocycles. The summed E-state index contributed by atoms with van der Waals surface area (Å²) >= 11 is 3.27. The SMILES string of the molecule is Cc1ccc(C(=O)O)c(C#CCCBr)c1. The average molecular weight is 267 g/mol. The minimum absolute atomic E-state index is 0.266. The van der Waals surface area contributed by atoms with Crippen molar-refractivity contribution in [2.75, 3.05) is 5.33 Å². The number of benzene rings is 1. The molecule has 0 heterocycles. The van der Waals surface area contributed by atoms with Crippen LogP contribution in [0, 0.1) is 18.8 Å². The van der Waals surface area contributed by atoms with Crippen LogP contribution in [0.2, 0.25) is 0 Å². The summed E-state index contributed by atoms with van der Waals surface area (Å²) in [5.41, 5.74) is 1.87. The van der Waals surface area contributed by atoms with Gasteiger partial charge in [-0.25, -0.2) is 4.79 Å². The third-order valence-corrected chi connectivity index (χ3v) is 2.24. The number of carbonyl (C=O) groups is 1. The highest BCUT2D eigenvalue weighted by molar-refractivity contribution is 9.09. The van der Waals surface area contributed by atoms with E-state index in [0.717, 1.165) is 10.9 Å². The van der Waals surface area contributed by atoms with Crippen LogP contribution in [-0.2, 0) is 0 Å². The molecule has 78 valence electrons. The lowest BCUT2D eigenvalue weighted by Crippen LogP contribution is -2.00. The van der Waals surface area contributed by atoms with Crippen LogP contribution in [0.4, 0.5) is 0 Å². The third kappa shape index (κ3) is 3.41. The molecule has 0 atom stereocenters. The molecular formula is C12H11BrO2. The zero-order valence-electron chi connectivity index (χ0n) is 8.38. The van der Waals surface area contributed by atoms with E-state index in [4.69, 9.17) is 5.11 Å². The number of hydrogen-bond donors (Lipinski definition) is 1. The van der Waals surface area contributed by atoms with E-state index in [9.17, 15) is 4.79 Å². The standard InChI is InChI=1S/C12H11BrO2/c1-9-5-6-11(12(14)15)10(8-9)4-2-3-7-13/h5-6,8H,3,7H2,1H3,(H,14,15). The van der Waals surface area contributed by atoms with Crippen LogP contribution in [0.3, 0.4) is 0 Å². The summed E-state index contributed by atoms with van der Waals surface area (Å²) in [7, 11) is 0. The van der Waals surface area contributed by atoms with Gasteiger partial charge in [-0.2, -0.15) is 0 Å². The molecule has 1 N–H and O–H groups in total. The van der Waals surface area contributed by atoms with Crippen LogP contribution >= 0.6 is 15.9 Å². The van der Waals surface area contributed by atoms with Crippen molar-refractivity contribution in [1.29, 1.82) is 0 Å². The van der Waals surface area contributed by atoms with Crippen LogP contribution in [-0.4, -0.2) is 16.4 Å². The monoisotopic (exact) mass is 266 g/mol. The van der Waals surface area contributed by atoms with Crippen LogP contribution < -0.4 is 0 Å². The highest BCUT2D eigenvalue weighted by Gasteiger charge is 2.07. The maximum absolute atomic E-state index is 10.9. The second-order valence-corrected chi connectivity index (χ2v) is 3.89. The van der Waals surface area contributed by atoms with Crippen molar-refractivity contribution in [2.45, 2.75) is 13.3 Å². The van der Waals surface area contributed by atoms with Crippen molar-refractivity contribution in [3.05, 3.63) is 34.9 Å². The van der Waals surface area contributed by atoms with Crippen LogP contribution in [0.15, 0.2) is 18.2 Å². The number of hydrogen-bond acceptors (Lipinski definition) is 1. The second kappa shape index (κ2) is 5.57. The summed E-state index contributed by atoms with van der Waals surface area (Å²) in [5, 5.41) is 9.74. The predicted molar refractivity (Wildman–Crippen MR) is 63.4 cm³/mol. The lowest BCUT2D eigenvalue weighted by molar-refractivity contribution is 0.0696. The summed E-state index contributed by atoms with van der Waals surface area (Å²) < 4.78 is 0. The Morgan fingerprint density at radius 3 is 2.87 bits per heavy atom. The number of aryl methyl sites for hydroxylation is 1. The van der Waals surface area contributed by atoms with Crippen molar-refractivity contribution in [1.82, 2.24) is 0 Å². The van der Waals surface area contributed by atoms with Crippen molar-refractivity contribution >= 4 is 21.9 Å². The maximum atomic E-state index is 10.9. The molecule has 0 aromatic heterocycles. The number of aromatic carboxylic acids is 1. The van der Waals surface area contributed by atoms with Crippen LogP contribution in [0.5, 0.6) is 0 Å². The highest BCUT2D eigenvalue weighted by atomic mass is 79.9. The average Bonchev–Trinajstić information content (AvgIpc) is 2.18. The van der Waals surface area contributed by atoms with Crippen molar-refractivity contribution in [3.63, 3.8) is 0 Å². The van der Waals surface area contributed by atoms with Crippen molar-refractivity contribution in [3.8, 4) is 11.8 Å². The van der Waals surface area contributed by atoms with E-state index < -0.39 is 5.97 Å². The highest BCUT2D eigenvalue weighted by Crippen LogP contribution is 2.10. The first kappa shape index (κ1) is 11.8. The minimum atomic E-state index is -0.932. The van der Waals surface area contributed by atoms with E-state index in [1.54, 1.807) is 18.2 Å². The Morgan fingerprint density at radius 2 is 2.27 bits per heavy atom. The van der Waals surface area contributed by atoms with E-state index in [1.807, 2.05) is 6.92 Å². The van der Waals surface area contributed by atoms with Gasteiger partial charge in [0.25, 0.3) is 0 Å². The molecule has 0 fully saturated rings. The number of rotatable bonds is 2. The molecular weight excluding hydrogens is 256 g/mol. The molecule has 1 aromatic carbocycles. The van der Waals surface area contributed by atoms with E-state index in [2.05, 4.69) is 27.8 Å². The number of alkyl halides is 1. The first-order chi connectivity index (χ1) is 7.15. The molecule has 0 radical (unpaired) electrons. The Bertz CT molecular complexity index is 427. The predicted octanol–water partition coefficient (Wildman–Crippen LogP) is 2.83. The van der Waals surface area contributed by atoms with Gasteiger partial charge in [-0.1, -0.05) is 33.8 Å². The summed E-state index contributed by atoms with van der Waals surface area (Å²) in [6.07, 6.45) is 0.715. The van der Waals surface area contributed by atoms with Gasteiger partial charge in [-0.3, -0.25) is 0 Å². The molecule has 0 amide bonds. The first-order valence-corrected chi connectivity index (χ1v) is 5.66. The molecule has 0 aliphatic carbocycles. The second-order valence-electron chi connectivity index (χ2n) is 3.09. The van der Waals surface area contributed by atoms with Gasteiger partial charge < -0.3 is 5.11 Å². The minimum Gasteiger partial charge on any atom is -0.478 e. The molecule has 2 nitrogen and oxygen atoms in total. The number of halogens is 1. The van der Waals surface area contributed by atoms with E-state index in [0.29, 0.717) is 12.0 Å². The zero-order valence-corrected chi connectivity index (χ0v) is 9.97. The molecule has 0 spiro atoms. The molecule has 0 aliphatic rings. The normalized spacial score (nSPS) is 9.20. The fourth-order valence-electron chi connectivity index (χ4n) is 1.15. The van der Waals surface area contributed by atoms with Gasteiger partial charge >= 0.3 is 5.97 Å². The Labute approximate surface area is 97.4 Å². The maximum Gasteiger partial charge on any atom is 0.336 e. The largest absolute Gasteiger partial charge is 0.478 e.